The number of nitrogens with one attached hydrogen (secondary N) is 1. The smallest absolute Gasteiger partial charge is 0.0815 e. The van der Waals surface area contributed by atoms with E-state index in [1.54, 1.807) is 22.3 Å². The van der Waals surface area contributed by atoms with Gasteiger partial charge in [-0.15, -0.1) is 0 Å². The third-order valence-corrected chi connectivity index (χ3v) is 9.11. The van der Waals surface area contributed by atoms with Crippen molar-refractivity contribution in [3.05, 3.63) is 22.3 Å². The topological polar surface area (TPSA) is 12.0 Å². The Balaban J connectivity index is 2.25. The van der Waals surface area contributed by atoms with Gasteiger partial charge in [-0.1, -0.05) is 30.0 Å². The number of allylic oxidation sites excluding steroid dienone is 4. The molecule has 1 nitrogen and oxygen atoms in total. The molecule has 1 atom stereocenters. The molecule has 0 aromatic heterocycles. The summed E-state index contributed by atoms with van der Waals surface area (Å²) in [5.41, 5.74) is 8.32. The van der Waals surface area contributed by atoms with E-state index in [4.69, 9.17) is 0 Å². The van der Waals surface area contributed by atoms with Gasteiger partial charge in [0.15, 0.2) is 0 Å². The van der Waals surface area contributed by atoms with E-state index in [9.17, 15) is 0 Å². The van der Waals surface area contributed by atoms with Crippen LogP contribution in [0.3, 0.4) is 0 Å². The standard InChI is InChI=1S/C18H32NSi/c1-12-13(2)15(4)17(14(12)3)20-11-9-8-10-16(20)19-18(5,6)7/h16-17,19H,8-11H2,1-7H3. The summed E-state index contributed by atoms with van der Waals surface area (Å²) in [4.78, 5) is 0. The molecule has 1 aliphatic carbocycles. The van der Waals surface area contributed by atoms with Crippen molar-refractivity contribution in [2.24, 2.45) is 0 Å². The summed E-state index contributed by atoms with van der Waals surface area (Å²) < 4.78 is 0. The van der Waals surface area contributed by atoms with Gasteiger partial charge in [-0.05, 0) is 77.2 Å². The fraction of sp³-hybridized carbons (Fsp3) is 0.778. The zero-order valence-electron chi connectivity index (χ0n) is 14.5. The van der Waals surface area contributed by atoms with Gasteiger partial charge in [0.2, 0.25) is 0 Å². The molecular formula is C18H32NSi. The average Bonchev–Trinajstić information content (AvgIpc) is 2.53. The number of hydrogen-bond donors (Lipinski definition) is 1. The second-order valence-corrected chi connectivity index (χ2v) is 10.7. The van der Waals surface area contributed by atoms with E-state index in [0.29, 0.717) is 0 Å². The van der Waals surface area contributed by atoms with E-state index in [1.807, 2.05) is 0 Å². The maximum atomic E-state index is 3.96. The molecule has 1 aliphatic heterocycles. The van der Waals surface area contributed by atoms with Gasteiger partial charge in [-0.3, -0.25) is 0 Å². The Hall–Kier alpha value is -0.343. The quantitative estimate of drug-likeness (QED) is 0.704. The van der Waals surface area contributed by atoms with Gasteiger partial charge in [-0.25, -0.2) is 0 Å². The largest absolute Gasteiger partial charge is 0.312 e. The molecule has 113 valence electrons. The zero-order valence-corrected chi connectivity index (χ0v) is 15.5. The van der Waals surface area contributed by atoms with Gasteiger partial charge in [0.05, 0.1) is 8.80 Å². The van der Waals surface area contributed by atoms with Crippen molar-refractivity contribution in [3.63, 3.8) is 0 Å². The van der Waals surface area contributed by atoms with Crippen molar-refractivity contribution in [1.82, 2.24) is 5.32 Å². The molecule has 2 heteroatoms. The number of rotatable bonds is 2. The monoisotopic (exact) mass is 290 g/mol. The normalized spacial score (nSPS) is 26.9. The minimum atomic E-state index is -0.386. The van der Waals surface area contributed by atoms with Crippen molar-refractivity contribution >= 4 is 8.80 Å². The molecule has 2 aliphatic rings. The van der Waals surface area contributed by atoms with Crippen LogP contribution in [0.15, 0.2) is 22.3 Å². The lowest BCUT2D eigenvalue weighted by atomic mass is 10.1. The summed E-state index contributed by atoms with van der Waals surface area (Å²) in [5, 5.41) is 3.96. The van der Waals surface area contributed by atoms with Crippen LogP contribution < -0.4 is 5.32 Å². The van der Waals surface area contributed by atoms with Gasteiger partial charge >= 0.3 is 0 Å². The van der Waals surface area contributed by atoms with E-state index in [-0.39, 0.29) is 14.3 Å². The van der Waals surface area contributed by atoms with Gasteiger partial charge in [0, 0.05) is 5.54 Å². The van der Waals surface area contributed by atoms with Crippen molar-refractivity contribution in [2.45, 2.75) is 90.5 Å². The fourth-order valence-electron chi connectivity index (χ4n) is 3.98. The first-order valence-electron chi connectivity index (χ1n) is 8.21. The summed E-state index contributed by atoms with van der Waals surface area (Å²) in [5.74, 6) is 0. The molecule has 1 heterocycles. The van der Waals surface area contributed by atoms with Crippen molar-refractivity contribution in [2.75, 3.05) is 0 Å². The molecule has 0 bridgehead atoms. The molecule has 2 rings (SSSR count). The SMILES string of the molecule is CC1=C(C)C([Si]2CCCCC2NC(C)(C)C)C(C)=C1C. The Morgan fingerprint density at radius 1 is 0.950 bits per heavy atom. The molecule has 0 aromatic rings. The highest BCUT2D eigenvalue weighted by Gasteiger charge is 2.39. The van der Waals surface area contributed by atoms with Crippen molar-refractivity contribution in [3.8, 4) is 0 Å². The first-order chi connectivity index (χ1) is 9.22. The van der Waals surface area contributed by atoms with Crippen LogP contribution in [0, 0.1) is 0 Å². The highest BCUT2D eigenvalue weighted by atomic mass is 28.3. The van der Waals surface area contributed by atoms with Crippen LogP contribution in [-0.4, -0.2) is 20.0 Å². The summed E-state index contributed by atoms with van der Waals surface area (Å²) in [6, 6.07) is 1.48. The van der Waals surface area contributed by atoms with Crippen LogP contribution in [0.25, 0.3) is 0 Å². The lowest BCUT2D eigenvalue weighted by Gasteiger charge is -2.40. The summed E-state index contributed by atoms with van der Waals surface area (Å²) in [6.45, 7) is 16.4. The van der Waals surface area contributed by atoms with E-state index in [1.165, 1.54) is 25.3 Å². The Morgan fingerprint density at radius 2 is 1.50 bits per heavy atom. The lowest BCUT2D eigenvalue weighted by Crippen LogP contribution is -2.54. The predicted octanol–water partition coefficient (Wildman–Crippen LogP) is 5.02. The lowest BCUT2D eigenvalue weighted by molar-refractivity contribution is 0.381. The molecule has 1 radical (unpaired) electrons. The minimum Gasteiger partial charge on any atom is -0.312 e. The van der Waals surface area contributed by atoms with E-state index >= 15 is 0 Å². The number of hydrogen-bond acceptors (Lipinski definition) is 1. The molecule has 0 spiro atoms. The molecule has 0 saturated carbocycles. The van der Waals surface area contributed by atoms with Crippen LogP contribution in [0.5, 0.6) is 0 Å². The second-order valence-electron chi connectivity index (χ2n) is 7.82. The Morgan fingerprint density at radius 3 is 2.00 bits per heavy atom. The second kappa shape index (κ2) is 5.80. The molecular weight excluding hydrogens is 258 g/mol. The Bertz CT molecular complexity index is 415. The molecule has 1 N–H and O–H groups in total. The molecule has 0 amide bonds. The van der Waals surface area contributed by atoms with Gasteiger partial charge in [0.25, 0.3) is 0 Å². The van der Waals surface area contributed by atoms with Crippen LogP contribution >= 0.6 is 0 Å². The third-order valence-electron chi connectivity index (χ3n) is 5.25. The molecule has 1 saturated heterocycles. The van der Waals surface area contributed by atoms with Crippen LogP contribution in [-0.2, 0) is 0 Å². The zero-order chi connectivity index (χ0) is 15.1. The van der Waals surface area contributed by atoms with Crippen molar-refractivity contribution < 1.29 is 0 Å². The highest BCUT2D eigenvalue weighted by molar-refractivity contribution is 6.64. The summed E-state index contributed by atoms with van der Waals surface area (Å²) in [6.07, 6.45) is 4.25. The van der Waals surface area contributed by atoms with Gasteiger partial charge in [0.1, 0.15) is 0 Å². The first-order valence-corrected chi connectivity index (χ1v) is 10.1. The van der Waals surface area contributed by atoms with Gasteiger partial charge < -0.3 is 5.32 Å². The van der Waals surface area contributed by atoms with Gasteiger partial charge in [-0.2, -0.15) is 0 Å². The maximum Gasteiger partial charge on any atom is 0.0815 e. The minimum absolute atomic E-state index is 0.246. The highest BCUT2D eigenvalue weighted by Crippen LogP contribution is 2.46. The molecule has 20 heavy (non-hydrogen) atoms. The first kappa shape index (κ1) is 16.0. The van der Waals surface area contributed by atoms with E-state index in [2.05, 4.69) is 53.8 Å². The summed E-state index contributed by atoms with van der Waals surface area (Å²) in [7, 11) is -0.386. The van der Waals surface area contributed by atoms with Crippen LogP contribution in [0.2, 0.25) is 11.6 Å². The maximum absolute atomic E-state index is 3.96. The Labute approximate surface area is 127 Å². The summed E-state index contributed by atoms with van der Waals surface area (Å²) >= 11 is 0. The van der Waals surface area contributed by atoms with E-state index in [0.717, 1.165) is 11.2 Å². The van der Waals surface area contributed by atoms with Crippen molar-refractivity contribution in [1.29, 1.82) is 0 Å². The molecule has 0 aromatic carbocycles. The third kappa shape index (κ3) is 3.12. The predicted molar refractivity (Wildman–Crippen MR) is 91.6 cm³/mol. The Kier molecular flexibility index (Phi) is 4.65. The van der Waals surface area contributed by atoms with Crippen LogP contribution in [0.4, 0.5) is 0 Å². The van der Waals surface area contributed by atoms with E-state index < -0.39 is 0 Å². The average molecular weight is 291 g/mol. The molecule has 1 fully saturated rings. The molecule has 1 unspecified atom stereocenters. The fourth-order valence-corrected chi connectivity index (χ4v) is 8.41. The van der Waals surface area contributed by atoms with Crippen LogP contribution in [0.1, 0.15) is 67.7 Å².